The number of carbonyl (C=O) groups excluding carboxylic acids is 1. The Morgan fingerprint density at radius 2 is 1.80 bits per heavy atom. The van der Waals surface area contributed by atoms with Gasteiger partial charge in [-0.2, -0.15) is 5.26 Å². The summed E-state index contributed by atoms with van der Waals surface area (Å²) in [6, 6.07) is 15.5. The largest absolute Gasteiger partial charge is 0.871 e. The van der Waals surface area contributed by atoms with Gasteiger partial charge in [-0.15, -0.1) is 11.3 Å². The van der Waals surface area contributed by atoms with Crippen LogP contribution in [0.1, 0.15) is 20.8 Å². The van der Waals surface area contributed by atoms with Crippen LogP contribution in [0.3, 0.4) is 0 Å². The van der Waals surface area contributed by atoms with Crippen LogP contribution >= 0.6 is 11.3 Å². The summed E-state index contributed by atoms with van der Waals surface area (Å²) in [5, 5.41) is 21.5. The molecule has 2 aromatic carbocycles. The second kappa shape index (κ2) is 4.80. The van der Waals surface area contributed by atoms with Crippen molar-refractivity contribution in [1.82, 2.24) is 0 Å². The number of hydrogen-bond donors (Lipinski definition) is 0. The highest BCUT2D eigenvalue weighted by molar-refractivity contribution is 7.21. The van der Waals surface area contributed by atoms with Crippen molar-refractivity contribution in [2.24, 2.45) is 0 Å². The van der Waals surface area contributed by atoms with Gasteiger partial charge in [0.1, 0.15) is 0 Å². The summed E-state index contributed by atoms with van der Waals surface area (Å²) in [5.74, 6) is -0.513. The van der Waals surface area contributed by atoms with Gasteiger partial charge in [-0.1, -0.05) is 23.9 Å². The molecule has 3 aromatic rings. The third-order valence-electron chi connectivity index (χ3n) is 3.03. The number of fused-ring (bicyclic) bond motifs is 1. The zero-order valence-corrected chi connectivity index (χ0v) is 11.1. The first-order valence-corrected chi connectivity index (χ1v) is 6.76. The summed E-state index contributed by atoms with van der Waals surface area (Å²) >= 11 is 1.21. The molecule has 0 saturated carbocycles. The lowest BCUT2D eigenvalue weighted by atomic mass is 10.1. The molecule has 0 aliphatic rings. The van der Waals surface area contributed by atoms with E-state index in [4.69, 9.17) is 5.26 Å². The van der Waals surface area contributed by atoms with Gasteiger partial charge < -0.3 is 5.11 Å². The molecule has 0 aliphatic heterocycles. The molecule has 3 rings (SSSR count). The standard InChI is InChI=1S/C16H9NO2S/c17-9-10-5-7-11(8-6-10)14(18)16-15(19)12-3-1-2-4-13(12)20-16/h1-8,19H/p-1. The van der Waals surface area contributed by atoms with E-state index in [9.17, 15) is 9.90 Å². The van der Waals surface area contributed by atoms with Gasteiger partial charge in [0.05, 0.1) is 16.5 Å². The molecule has 3 nitrogen and oxygen atoms in total. The zero-order valence-electron chi connectivity index (χ0n) is 10.3. The Kier molecular flexibility index (Phi) is 2.97. The number of rotatable bonds is 2. The van der Waals surface area contributed by atoms with Crippen molar-refractivity contribution >= 4 is 27.2 Å². The fourth-order valence-corrected chi connectivity index (χ4v) is 3.05. The molecule has 0 unspecified atom stereocenters. The highest BCUT2D eigenvalue weighted by Gasteiger charge is 2.14. The molecule has 0 spiro atoms. The number of nitriles is 1. The number of hydrogen-bond acceptors (Lipinski definition) is 4. The highest BCUT2D eigenvalue weighted by Crippen LogP contribution is 2.35. The predicted molar refractivity (Wildman–Crippen MR) is 75.9 cm³/mol. The van der Waals surface area contributed by atoms with Crippen LogP contribution in [-0.2, 0) is 0 Å². The second-order valence-corrected chi connectivity index (χ2v) is 5.33. The van der Waals surface area contributed by atoms with Gasteiger partial charge in [0, 0.05) is 10.3 Å². The first-order valence-electron chi connectivity index (χ1n) is 5.94. The molecule has 0 aliphatic carbocycles. The molecule has 0 atom stereocenters. The summed E-state index contributed by atoms with van der Waals surface area (Å²) in [7, 11) is 0. The Hall–Kier alpha value is -2.64. The Balaban J connectivity index is 2.08. The van der Waals surface area contributed by atoms with Crippen molar-refractivity contribution in [1.29, 1.82) is 5.26 Å². The zero-order chi connectivity index (χ0) is 14.1. The summed E-state index contributed by atoms with van der Waals surface area (Å²) in [6.07, 6.45) is 0. The second-order valence-electron chi connectivity index (χ2n) is 4.27. The fourth-order valence-electron chi connectivity index (χ4n) is 2.00. The van der Waals surface area contributed by atoms with Gasteiger partial charge in [0.15, 0.2) is 0 Å². The molecular weight excluding hydrogens is 270 g/mol. The Bertz CT molecular complexity index is 841. The van der Waals surface area contributed by atoms with E-state index in [0.29, 0.717) is 16.5 Å². The topological polar surface area (TPSA) is 63.9 Å². The van der Waals surface area contributed by atoms with Crippen LogP contribution in [0, 0.1) is 11.3 Å². The van der Waals surface area contributed by atoms with E-state index in [0.717, 1.165) is 4.70 Å². The minimum absolute atomic E-state index is 0.218. The third kappa shape index (κ3) is 1.94. The maximum Gasteiger partial charge on any atom is 0.202 e. The van der Waals surface area contributed by atoms with E-state index in [2.05, 4.69) is 0 Å². The Labute approximate surface area is 119 Å². The monoisotopic (exact) mass is 278 g/mol. The number of nitrogens with zero attached hydrogens (tertiary/aromatic N) is 1. The number of thiophene rings is 1. The van der Waals surface area contributed by atoms with Crippen molar-refractivity contribution in [3.05, 3.63) is 64.5 Å². The molecule has 0 bridgehead atoms. The molecule has 0 saturated heterocycles. The molecule has 0 radical (unpaired) electrons. The van der Waals surface area contributed by atoms with Gasteiger partial charge in [-0.05, 0) is 35.7 Å². The van der Waals surface area contributed by atoms with Crippen LogP contribution in [-0.4, -0.2) is 5.78 Å². The van der Waals surface area contributed by atoms with Crippen LogP contribution in [0.4, 0.5) is 0 Å². The quantitative estimate of drug-likeness (QED) is 0.677. The molecule has 1 heterocycles. The van der Waals surface area contributed by atoms with Gasteiger partial charge in [0.25, 0.3) is 0 Å². The average Bonchev–Trinajstić information content (AvgIpc) is 2.84. The van der Waals surface area contributed by atoms with Crippen LogP contribution in [0.5, 0.6) is 5.75 Å². The molecule has 4 heteroatoms. The normalized spacial score (nSPS) is 10.3. The molecular formula is C16H8NO2S-. The number of ketones is 1. The first-order chi connectivity index (χ1) is 9.70. The van der Waals surface area contributed by atoms with E-state index in [1.165, 1.54) is 11.3 Å². The van der Waals surface area contributed by atoms with Crippen LogP contribution in [0.25, 0.3) is 10.1 Å². The van der Waals surface area contributed by atoms with Crippen molar-refractivity contribution in [3.8, 4) is 11.8 Å². The van der Waals surface area contributed by atoms with E-state index >= 15 is 0 Å². The van der Waals surface area contributed by atoms with Crippen molar-refractivity contribution in [3.63, 3.8) is 0 Å². The van der Waals surface area contributed by atoms with Crippen molar-refractivity contribution < 1.29 is 9.90 Å². The summed E-state index contributed by atoms with van der Waals surface area (Å²) < 4.78 is 0.814. The van der Waals surface area contributed by atoms with Crippen molar-refractivity contribution in [2.75, 3.05) is 0 Å². The molecule has 0 amide bonds. The van der Waals surface area contributed by atoms with Gasteiger partial charge in [-0.25, -0.2) is 0 Å². The summed E-state index contributed by atoms with van der Waals surface area (Å²) in [5.41, 5.74) is 0.910. The predicted octanol–water partition coefficient (Wildman–Crippen LogP) is 3.08. The smallest absolute Gasteiger partial charge is 0.202 e. The first kappa shape index (κ1) is 12.4. The maximum absolute atomic E-state index is 12.4. The minimum atomic E-state index is -0.291. The van der Waals surface area contributed by atoms with Crippen molar-refractivity contribution in [2.45, 2.75) is 0 Å². The highest BCUT2D eigenvalue weighted by atomic mass is 32.1. The van der Waals surface area contributed by atoms with E-state index in [1.54, 1.807) is 36.4 Å². The van der Waals surface area contributed by atoms with Gasteiger partial charge in [-0.3, -0.25) is 4.79 Å². The fraction of sp³-hybridized carbons (Fsp3) is 0. The van der Waals surface area contributed by atoms with Crippen LogP contribution in [0.15, 0.2) is 48.5 Å². The molecule has 0 fully saturated rings. The lowest BCUT2D eigenvalue weighted by molar-refractivity contribution is -0.265. The van der Waals surface area contributed by atoms with Crippen LogP contribution < -0.4 is 5.11 Å². The number of carbonyl (C=O) groups is 1. The summed E-state index contributed by atoms with van der Waals surface area (Å²) in [6.45, 7) is 0. The lowest BCUT2D eigenvalue weighted by Crippen LogP contribution is -2.03. The van der Waals surface area contributed by atoms with Gasteiger partial charge >= 0.3 is 0 Å². The minimum Gasteiger partial charge on any atom is -0.871 e. The average molecular weight is 278 g/mol. The van der Waals surface area contributed by atoms with Crippen LogP contribution in [0.2, 0.25) is 0 Å². The van der Waals surface area contributed by atoms with Gasteiger partial charge in [0.2, 0.25) is 5.78 Å². The maximum atomic E-state index is 12.4. The van der Waals surface area contributed by atoms with E-state index in [1.807, 2.05) is 18.2 Å². The Morgan fingerprint density at radius 1 is 1.10 bits per heavy atom. The molecule has 1 aromatic heterocycles. The molecule has 20 heavy (non-hydrogen) atoms. The summed E-state index contributed by atoms with van der Waals surface area (Å²) in [4.78, 5) is 12.6. The molecule has 0 N–H and O–H groups in total. The SMILES string of the molecule is N#Cc1ccc(C(=O)c2sc3ccccc3c2[O-])cc1. The third-order valence-corrected chi connectivity index (χ3v) is 4.18. The lowest BCUT2D eigenvalue weighted by Gasteiger charge is -2.07. The number of benzene rings is 2. The Morgan fingerprint density at radius 3 is 2.45 bits per heavy atom. The molecule has 96 valence electrons. The van der Waals surface area contributed by atoms with E-state index < -0.39 is 0 Å². The van der Waals surface area contributed by atoms with E-state index in [-0.39, 0.29) is 16.4 Å².